The first kappa shape index (κ1) is 26.3. The zero-order chi connectivity index (χ0) is 26.7. The van der Waals surface area contributed by atoms with Crippen molar-refractivity contribution in [2.45, 2.75) is 27.4 Å². The van der Waals surface area contributed by atoms with Crippen molar-refractivity contribution >= 4 is 52.8 Å². The normalized spacial score (nSPS) is 14.7. The lowest BCUT2D eigenvalue weighted by atomic mass is 10.0. The summed E-state index contributed by atoms with van der Waals surface area (Å²) >= 11 is 12.5. The average Bonchev–Trinajstić information content (AvgIpc) is 2.84. The second kappa shape index (κ2) is 11.1. The van der Waals surface area contributed by atoms with E-state index in [9.17, 15) is 14.4 Å². The van der Waals surface area contributed by atoms with E-state index in [1.807, 2.05) is 32.0 Å². The van der Waals surface area contributed by atoms with Gasteiger partial charge in [-0.05, 0) is 73.9 Å². The molecule has 0 unspecified atom stereocenters. The summed E-state index contributed by atoms with van der Waals surface area (Å²) in [7, 11) is 0. The number of barbiturate groups is 1. The van der Waals surface area contributed by atoms with E-state index in [0.717, 1.165) is 21.6 Å². The molecule has 0 aromatic heterocycles. The van der Waals surface area contributed by atoms with Gasteiger partial charge in [0.25, 0.3) is 11.8 Å². The Balaban J connectivity index is 1.67. The molecule has 1 aliphatic rings. The van der Waals surface area contributed by atoms with Gasteiger partial charge in [0, 0.05) is 5.02 Å². The zero-order valence-electron chi connectivity index (χ0n) is 20.4. The number of hydrogen-bond donors (Lipinski definition) is 1. The van der Waals surface area contributed by atoms with Gasteiger partial charge >= 0.3 is 6.03 Å². The largest absolute Gasteiger partial charge is 0.490 e. The molecule has 7 nitrogen and oxygen atoms in total. The molecule has 0 bridgehead atoms. The number of hydrogen-bond acceptors (Lipinski definition) is 5. The van der Waals surface area contributed by atoms with Crippen molar-refractivity contribution in [1.29, 1.82) is 0 Å². The Kier molecular flexibility index (Phi) is 7.86. The summed E-state index contributed by atoms with van der Waals surface area (Å²) in [6.45, 7) is 6.08. The van der Waals surface area contributed by atoms with Crippen molar-refractivity contribution < 1.29 is 23.9 Å². The fraction of sp³-hybridized carbons (Fsp3) is 0.179. The highest BCUT2D eigenvalue weighted by Gasteiger charge is 2.37. The number of aryl methyl sites for hydroxylation is 2. The van der Waals surface area contributed by atoms with Crippen LogP contribution in [-0.2, 0) is 16.2 Å². The molecule has 0 saturated carbocycles. The minimum absolute atomic E-state index is 0.215. The van der Waals surface area contributed by atoms with Gasteiger partial charge in [-0.15, -0.1) is 0 Å². The van der Waals surface area contributed by atoms with Gasteiger partial charge in [-0.3, -0.25) is 14.9 Å². The van der Waals surface area contributed by atoms with Crippen LogP contribution in [-0.4, -0.2) is 24.5 Å². The molecule has 4 rings (SSSR count). The standard InChI is InChI=1S/C28H24Cl2N2O5/c1-4-36-24-14-19(13-22(30)25(24)37-15-18-6-8-20(29)9-7-18)12-21-26(33)31-28(35)32(27(21)34)23-10-5-16(2)11-17(23)3/h5-14H,4,15H2,1-3H3,(H,31,33,35)/b21-12+. The summed E-state index contributed by atoms with van der Waals surface area (Å²) < 4.78 is 11.7. The number of amides is 4. The summed E-state index contributed by atoms with van der Waals surface area (Å²) in [5.41, 5.74) is 3.20. The van der Waals surface area contributed by atoms with Gasteiger partial charge in [0.2, 0.25) is 0 Å². The molecular formula is C28H24Cl2N2O5. The van der Waals surface area contributed by atoms with Crippen molar-refractivity contribution in [3.05, 3.63) is 92.5 Å². The Morgan fingerprint density at radius 3 is 2.35 bits per heavy atom. The van der Waals surface area contributed by atoms with Crippen LogP contribution in [0.1, 0.15) is 29.2 Å². The van der Waals surface area contributed by atoms with Crippen molar-refractivity contribution in [2.75, 3.05) is 11.5 Å². The Morgan fingerprint density at radius 2 is 1.68 bits per heavy atom. The summed E-state index contributed by atoms with van der Waals surface area (Å²) in [5, 5.41) is 3.09. The maximum absolute atomic E-state index is 13.3. The lowest BCUT2D eigenvalue weighted by Gasteiger charge is -2.27. The summed E-state index contributed by atoms with van der Waals surface area (Å²) in [6, 6.07) is 14.9. The molecule has 9 heteroatoms. The average molecular weight is 539 g/mol. The Hall–Kier alpha value is -3.81. The molecule has 0 aliphatic carbocycles. The molecule has 0 radical (unpaired) electrons. The highest BCUT2D eigenvalue weighted by molar-refractivity contribution is 6.39. The number of halogens is 2. The van der Waals surface area contributed by atoms with Crippen LogP contribution < -0.4 is 19.7 Å². The van der Waals surface area contributed by atoms with E-state index in [0.29, 0.717) is 34.4 Å². The molecule has 3 aromatic carbocycles. The SMILES string of the molecule is CCOc1cc(/C=C2\C(=O)NC(=O)N(c3ccc(C)cc3C)C2=O)cc(Cl)c1OCc1ccc(Cl)cc1. The number of carbonyl (C=O) groups is 3. The van der Waals surface area contributed by atoms with Crippen LogP contribution in [0.4, 0.5) is 10.5 Å². The minimum Gasteiger partial charge on any atom is -0.490 e. The third-order valence-electron chi connectivity index (χ3n) is 5.63. The highest BCUT2D eigenvalue weighted by atomic mass is 35.5. The summed E-state index contributed by atoms with van der Waals surface area (Å²) in [6.07, 6.45) is 1.37. The molecule has 1 heterocycles. The summed E-state index contributed by atoms with van der Waals surface area (Å²) in [4.78, 5) is 39.5. The van der Waals surface area contributed by atoms with Gasteiger partial charge in [-0.25, -0.2) is 9.69 Å². The molecule has 3 aromatic rings. The molecule has 0 spiro atoms. The molecule has 4 amide bonds. The van der Waals surface area contributed by atoms with Gasteiger partial charge in [0.05, 0.1) is 17.3 Å². The highest BCUT2D eigenvalue weighted by Crippen LogP contribution is 2.38. The lowest BCUT2D eigenvalue weighted by Crippen LogP contribution is -2.54. The van der Waals surface area contributed by atoms with E-state index in [4.69, 9.17) is 32.7 Å². The minimum atomic E-state index is -0.807. The number of urea groups is 1. The van der Waals surface area contributed by atoms with Crippen molar-refractivity contribution in [3.63, 3.8) is 0 Å². The van der Waals surface area contributed by atoms with Crippen molar-refractivity contribution in [2.24, 2.45) is 0 Å². The van der Waals surface area contributed by atoms with Crippen molar-refractivity contribution in [1.82, 2.24) is 5.32 Å². The third-order valence-corrected chi connectivity index (χ3v) is 6.17. The van der Waals surface area contributed by atoms with Crippen LogP contribution >= 0.6 is 23.2 Å². The first-order valence-corrected chi connectivity index (χ1v) is 12.3. The zero-order valence-corrected chi connectivity index (χ0v) is 21.9. The lowest BCUT2D eigenvalue weighted by molar-refractivity contribution is -0.122. The molecule has 1 fully saturated rings. The molecule has 0 atom stereocenters. The monoisotopic (exact) mass is 538 g/mol. The smallest absolute Gasteiger partial charge is 0.335 e. The van der Waals surface area contributed by atoms with Gasteiger partial charge < -0.3 is 9.47 Å². The Bertz CT molecular complexity index is 1420. The van der Waals surface area contributed by atoms with Crippen LogP contribution in [0.25, 0.3) is 6.08 Å². The maximum Gasteiger partial charge on any atom is 0.335 e. The van der Waals surface area contributed by atoms with E-state index >= 15 is 0 Å². The molecular weight excluding hydrogens is 515 g/mol. The predicted molar refractivity (Wildman–Crippen MR) is 143 cm³/mol. The molecule has 37 heavy (non-hydrogen) atoms. The Labute approximate surface area is 224 Å². The van der Waals surface area contributed by atoms with E-state index in [1.54, 1.807) is 43.3 Å². The second-order valence-electron chi connectivity index (χ2n) is 8.43. The maximum atomic E-state index is 13.3. The third kappa shape index (κ3) is 5.79. The van der Waals surface area contributed by atoms with E-state index in [2.05, 4.69) is 5.32 Å². The number of nitrogens with zero attached hydrogens (tertiary/aromatic N) is 1. The van der Waals surface area contributed by atoms with Crippen LogP contribution in [0, 0.1) is 13.8 Å². The van der Waals surface area contributed by atoms with Crippen LogP contribution in [0.2, 0.25) is 10.0 Å². The summed E-state index contributed by atoms with van der Waals surface area (Å²) in [5.74, 6) is -0.861. The first-order valence-electron chi connectivity index (χ1n) is 11.5. The number of ether oxygens (including phenoxy) is 2. The fourth-order valence-electron chi connectivity index (χ4n) is 3.91. The predicted octanol–water partition coefficient (Wildman–Crippen LogP) is 6.25. The van der Waals surface area contributed by atoms with E-state index in [-0.39, 0.29) is 17.2 Å². The van der Waals surface area contributed by atoms with Crippen LogP contribution in [0.3, 0.4) is 0 Å². The molecule has 1 saturated heterocycles. The van der Waals surface area contributed by atoms with E-state index < -0.39 is 17.8 Å². The number of benzene rings is 3. The van der Waals surface area contributed by atoms with Gasteiger partial charge in [0.15, 0.2) is 11.5 Å². The van der Waals surface area contributed by atoms with Gasteiger partial charge in [0.1, 0.15) is 12.2 Å². The van der Waals surface area contributed by atoms with Crippen LogP contribution in [0.5, 0.6) is 11.5 Å². The number of nitrogens with one attached hydrogen (secondary N) is 1. The van der Waals surface area contributed by atoms with E-state index in [1.165, 1.54) is 6.08 Å². The molecule has 1 aliphatic heterocycles. The molecule has 190 valence electrons. The topological polar surface area (TPSA) is 84.9 Å². The van der Waals surface area contributed by atoms with Gasteiger partial charge in [-0.2, -0.15) is 0 Å². The second-order valence-corrected chi connectivity index (χ2v) is 9.27. The number of imide groups is 2. The Morgan fingerprint density at radius 1 is 0.946 bits per heavy atom. The van der Waals surface area contributed by atoms with Crippen molar-refractivity contribution in [3.8, 4) is 11.5 Å². The number of rotatable bonds is 7. The molecule has 1 N–H and O–H groups in total. The quantitative estimate of drug-likeness (QED) is 0.283. The fourth-order valence-corrected chi connectivity index (χ4v) is 4.31. The number of anilines is 1. The number of carbonyl (C=O) groups excluding carboxylic acids is 3. The first-order chi connectivity index (χ1) is 17.7. The van der Waals surface area contributed by atoms with Gasteiger partial charge in [-0.1, -0.05) is 53.0 Å². The van der Waals surface area contributed by atoms with Crippen LogP contribution in [0.15, 0.2) is 60.2 Å².